The number of hydrogen-bond donors (Lipinski definition) is 3. The van der Waals surface area contributed by atoms with E-state index in [2.05, 4.69) is 121 Å². The Kier molecular flexibility index (Phi) is 15.4. The molecule has 0 unspecified atom stereocenters. The molecule has 3 aliphatic heterocycles. The zero-order chi connectivity index (χ0) is 58.8. The van der Waals surface area contributed by atoms with Crippen LogP contribution in [-0.2, 0) is 48.7 Å². The number of rotatable bonds is 9. The van der Waals surface area contributed by atoms with Gasteiger partial charge in [-0.05, 0) is 181 Å². The SMILES string of the molecule is COC[C@@H](CCO)c1c(CO)c2ccc3c(c2oc1=O)[C@H]1OC(=O)C[C@@H]2C[C@@H](c4cccc([C@@]56CCCC[C@@H]5CCc5ccccc56)c4)C=C[C@H]2c2ccc(cc2)CC/C(=C(\C)CO)C(=O)O[C@@H]1[C@@]1(CCC[C@H]2[C@H]4C=Cc5ccccc5[C@H]4C[C@H]21)O3. The second-order valence-electron chi connectivity index (χ2n) is 26.4. The van der Waals surface area contributed by atoms with Crippen molar-refractivity contribution in [2.24, 2.45) is 29.6 Å². The molecule has 0 radical (unpaired) electrons. The molecule has 3 saturated carbocycles. The maximum Gasteiger partial charge on any atom is 0.340 e. The zero-order valence-corrected chi connectivity index (χ0v) is 49.6. The van der Waals surface area contributed by atoms with Crippen molar-refractivity contribution >= 4 is 29.0 Å². The summed E-state index contributed by atoms with van der Waals surface area (Å²) in [5.41, 5.74) is 9.78. The van der Waals surface area contributed by atoms with E-state index in [-0.39, 0.29) is 103 Å². The van der Waals surface area contributed by atoms with Crippen LogP contribution >= 0.6 is 0 Å². The molecular weight excluding hydrogens is 1080 g/mol. The number of allylic oxidation sites excluding steroid dienone is 3. The Bertz CT molecular complexity index is 3730. The van der Waals surface area contributed by atoms with Gasteiger partial charge in [-0.25, -0.2) is 9.59 Å². The van der Waals surface area contributed by atoms with Gasteiger partial charge in [0.2, 0.25) is 0 Å². The number of benzene rings is 5. The number of esters is 2. The van der Waals surface area contributed by atoms with Crippen molar-refractivity contribution in [3.63, 3.8) is 0 Å². The average Bonchev–Trinajstić information content (AvgIpc) is 1.32. The van der Waals surface area contributed by atoms with Crippen molar-refractivity contribution in [2.45, 2.75) is 157 Å². The number of aliphatic hydroxyl groups is 3. The molecule has 6 aliphatic carbocycles. The smallest absolute Gasteiger partial charge is 0.340 e. The molecule has 0 amide bonds. The summed E-state index contributed by atoms with van der Waals surface area (Å²) in [6.07, 6.45) is 18.3. The second kappa shape index (κ2) is 23.3. The molecular formula is C75H80O11. The highest BCUT2D eigenvalue weighted by atomic mass is 16.6. The Balaban J connectivity index is 0.915. The molecule has 1 spiro atoms. The molecule has 4 heterocycles. The van der Waals surface area contributed by atoms with Crippen LogP contribution in [0.2, 0.25) is 0 Å². The third-order valence-corrected chi connectivity index (χ3v) is 22.3. The lowest BCUT2D eigenvalue weighted by Crippen LogP contribution is -2.62. The Morgan fingerprint density at radius 3 is 2.48 bits per heavy atom. The molecule has 3 fully saturated rings. The molecule has 9 aliphatic rings. The lowest BCUT2D eigenvalue weighted by atomic mass is 9.54. The van der Waals surface area contributed by atoms with Crippen LogP contribution in [0.1, 0.15) is 181 Å². The van der Waals surface area contributed by atoms with E-state index in [9.17, 15) is 20.1 Å². The minimum atomic E-state index is -1.34. The molecule has 446 valence electrons. The Morgan fingerprint density at radius 2 is 1.64 bits per heavy atom. The van der Waals surface area contributed by atoms with Crippen LogP contribution in [0.25, 0.3) is 17.0 Å². The van der Waals surface area contributed by atoms with E-state index in [1.165, 1.54) is 66.2 Å². The number of carbonyl (C=O) groups excluding carboxylic acids is 2. The molecule has 86 heavy (non-hydrogen) atoms. The maximum atomic E-state index is 15.9. The molecule has 3 N–H and O–H groups in total. The highest BCUT2D eigenvalue weighted by Gasteiger charge is 2.65. The molecule has 5 aromatic carbocycles. The molecule has 6 aromatic rings. The van der Waals surface area contributed by atoms with E-state index >= 15 is 9.59 Å². The Morgan fingerprint density at radius 1 is 0.791 bits per heavy atom. The highest BCUT2D eigenvalue weighted by molar-refractivity contribution is 5.90. The van der Waals surface area contributed by atoms with Gasteiger partial charge in [-0.15, -0.1) is 0 Å². The van der Waals surface area contributed by atoms with Crippen molar-refractivity contribution in [3.8, 4) is 5.75 Å². The van der Waals surface area contributed by atoms with Gasteiger partial charge >= 0.3 is 17.6 Å². The summed E-state index contributed by atoms with van der Waals surface area (Å²) in [5, 5.41) is 32.8. The summed E-state index contributed by atoms with van der Waals surface area (Å²) in [4.78, 5) is 46.3. The van der Waals surface area contributed by atoms with Crippen LogP contribution in [0.5, 0.6) is 5.75 Å². The predicted molar refractivity (Wildman–Crippen MR) is 330 cm³/mol. The topological polar surface area (TPSA) is 162 Å². The van der Waals surface area contributed by atoms with Crippen LogP contribution in [0, 0.1) is 29.6 Å². The number of carbonyl (C=O) groups is 2. The first-order chi connectivity index (χ1) is 42.0. The van der Waals surface area contributed by atoms with Crippen molar-refractivity contribution < 1.29 is 48.3 Å². The molecule has 1 aromatic heterocycles. The van der Waals surface area contributed by atoms with Crippen molar-refractivity contribution in [3.05, 3.63) is 210 Å². The van der Waals surface area contributed by atoms with Gasteiger partial charge in [-0.3, -0.25) is 4.79 Å². The van der Waals surface area contributed by atoms with Crippen molar-refractivity contribution in [1.29, 1.82) is 0 Å². The van der Waals surface area contributed by atoms with Crippen LogP contribution < -0.4 is 10.4 Å². The van der Waals surface area contributed by atoms with Crippen LogP contribution in [-0.4, -0.2) is 65.9 Å². The second-order valence-corrected chi connectivity index (χ2v) is 26.4. The fourth-order valence-corrected chi connectivity index (χ4v) is 18.4. The molecule has 11 nitrogen and oxygen atoms in total. The Labute approximate surface area is 504 Å². The van der Waals surface area contributed by atoms with E-state index in [4.69, 9.17) is 23.4 Å². The third-order valence-electron chi connectivity index (χ3n) is 22.3. The number of aryl methyl sites for hydroxylation is 2. The molecule has 11 heteroatoms. The van der Waals surface area contributed by atoms with Gasteiger partial charge in [0.15, 0.2) is 17.8 Å². The fraction of sp³-hybridized carbons (Fsp3) is 0.453. The van der Waals surface area contributed by atoms with E-state index in [1.54, 1.807) is 13.0 Å². The van der Waals surface area contributed by atoms with Crippen LogP contribution in [0.15, 0.2) is 148 Å². The highest BCUT2D eigenvalue weighted by Crippen LogP contribution is 2.64. The van der Waals surface area contributed by atoms with Crippen LogP contribution in [0.3, 0.4) is 0 Å². The van der Waals surface area contributed by atoms with E-state index in [0.29, 0.717) is 53.0 Å². The van der Waals surface area contributed by atoms with Gasteiger partial charge in [0, 0.05) is 65.7 Å². The van der Waals surface area contributed by atoms with E-state index in [0.717, 1.165) is 43.2 Å². The standard InChI is InChI=1S/C75H80O11/c1-44(41-77)55-28-21-45-19-22-47(23-20-45)56-29-26-50(49-13-9-15-54(38-49)74-34-8-7-14-53(74)27-24-48-12-4-6-18-63(48)74)37-52(56)39-66(79)83-70-68-65(32-31-60-62(42-78)67(73(81)84-69(60)68)51(33-36-76)43-82-2)86-75(71(70)85-72(55)80)35-10-17-59-58-30-25-46-11-3-5-16-57(46)61(58)40-64(59)75/h3-6,9,11-13,15-16,18-20,22-23,25-26,29-32,38,50-53,56,58-59,61,64,70-71,76-78H,7-8,10,14,17,21,24,27-28,33-37,39-43H2,1-2H3/b55-44-/t50-,51+,52-,53+,56-,58+,59-,61+,64+,70+,71-,74+,75-/m0/s1. The van der Waals surface area contributed by atoms with Crippen LogP contribution in [0.4, 0.5) is 0 Å². The summed E-state index contributed by atoms with van der Waals surface area (Å²) in [6.45, 7) is 0.710. The quantitative estimate of drug-likeness (QED) is 0.0547. The molecule has 2 bridgehead atoms. The average molecular weight is 1160 g/mol. The first-order valence-electron chi connectivity index (χ1n) is 32.0. The van der Waals surface area contributed by atoms with Gasteiger partial charge < -0.3 is 38.7 Å². The first-order valence-corrected chi connectivity index (χ1v) is 32.0. The first kappa shape index (κ1) is 56.9. The summed E-state index contributed by atoms with van der Waals surface area (Å²) in [7, 11) is 1.52. The summed E-state index contributed by atoms with van der Waals surface area (Å²) < 4.78 is 34.1. The number of ether oxygens (including phenoxy) is 4. The van der Waals surface area contributed by atoms with Gasteiger partial charge in [-0.1, -0.05) is 134 Å². The number of methoxy groups -OCH3 is 1. The number of hydrogen-bond acceptors (Lipinski definition) is 11. The molecule has 13 atom stereocenters. The monoisotopic (exact) mass is 1160 g/mol. The third kappa shape index (κ3) is 9.56. The van der Waals surface area contributed by atoms with Gasteiger partial charge in [0.25, 0.3) is 0 Å². The van der Waals surface area contributed by atoms with Gasteiger partial charge in [0.05, 0.1) is 25.4 Å². The molecule has 15 rings (SSSR count). The number of fused-ring (bicyclic) bond motifs is 20. The minimum absolute atomic E-state index is 0.00762. The molecule has 0 saturated heterocycles. The summed E-state index contributed by atoms with van der Waals surface area (Å²) in [6, 6.07) is 39.2. The fourth-order valence-electron chi connectivity index (χ4n) is 18.4. The summed E-state index contributed by atoms with van der Waals surface area (Å²) in [5.74, 6) is -0.840. The Hall–Kier alpha value is -6.89. The normalized spacial score (nSPS) is 30.9. The van der Waals surface area contributed by atoms with E-state index < -0.39 is 47.9 Å². The van der Waals surface area contributed by atoms with Crippen molar-refractivity contribution in [2.75, 3.05) is 26.9 Å². The lowest BCUT2D eigenvalue weighted by molar-refractivity contribution is -0.212. The maximum absolute atomic E-state index is 15.9. The summed E-state index contributed by atoms with van der Waals surface area (Å²) >= 11 is 0. The van der Waals surface area contributed by atoms with Gasteiger partial charge in [0.1, 0.15) is 11.3 Å². The lowest BCUT2D eigenvalue weighted by Gasteiger charge is -2.53. The number of aliphatic hydroxyl groups excluding tert-OH is 3. The zero-order valence-electron chi connectivity index (χ0n) is 49.6. The van der Waals surface area contributed by atoms with E-state index in [1.807, 2.05) is 6.07 Å². The largest absolute Gasteiger partial charge is 0.482 e. The van der Waals surface area contributed by atoms with Gasteiger partial charge in [-0.2, -0.15) is 0 Å². The predicted octanol–water partition coefficient (Wildman–Crippen LogP) is 13.5. The van der Waals surface area contributed by atoms with Crippen molar-refractivity contribution in [1.82, 2.24) is 0 Å². The minimum Gasteiger partial charge on any atom is -0.482 e.